The Morgan fingerprint density at radius 2 is 2.19 bits per heavy atom. The van der Waals surface area contributed by atoms with E-state index < -0.39 is 11.8 Å². The van der Waals surface area contributed by atoms with Gasteiger partial charge in [-0.25, -0.2) is 9.18 Å². The van der Waals surface area contributed by atoms with Gasteiger partial charge in [-0.05, 0) is 22.0 Å². The molecular weight excluding hydrogens is 279 g/mol. The lowest BCUT2D eigenvalue weighted by atomic mass is 10.1. The zero-order valence-electron chi connectivity index (χ0n) is 7.87. The van der Waals surface area contributed by atoms with Crippen molar-refractivity contribution in [3.8, 4) is 0 Å². The number of rotatable bonds is 1. The summed E-state index contributed by atoms with van der Waals surface area (Å²) in [6.45, 7) is 0. The summed E-state index contributed by atoms with van der Waals surface area (Å²) >= 11 is 3.01. The first kappa shape index (κ1) is 10.8. The Balaban J connectivity index is 2.84. The maximum absolute atomic E-state index is 13.2. The van der Waals surface area contributed by atoms with Gasteiger partial charge in [-0.2, -0.15) is 0 Å². The van der Waals surface area contributed by atoms with E-state index in [0.29, 0.717) is 10.9 Å². The zero-order valence-corrected chi connectivity index (χ0v) is 9.45. The molecule has 0 unspecified atom stereocenters. The van der Waals surface area contributed by atoms with Crippen molar-refractivity contribution in [2.24, 2.45) is 0 Å². The first-order valence-corrected chi connectivity index (χ1v) is 5.06. The van der Waals surface area contributed by atoms with E-state index in [-0.39, 0.29) is 15.7 Å². The van der Waals surface area contributed by atoms with E-state index >= 15 is 0 Å². The van der Waals surface area contributed by atoms with Crippen LogP contribution in [0.25, 0.3) is 10.9 Å². The van der Waals surface area contributed by atoms with E-state index in [2.05, 4.69) is 20.9 Å². The molecule has 0 saturated heterocycles. The second-order valence-electron chi connectivity index (χ2n) is 3.17. The molecule has 0 aliphatic rings. The van der Waals surface area contributed by atoms with Crippen LogP contribution in [0.15, 0.2) is 22.8 Å². The molecule has 0 spiro atoms. The Bertz CT molecular complexity index is 601. The summed E-state index contributed by atoms with van der Waals surface area (Å²) in [5.41, 5.74) is 5.99. The number of pyridine rings is 1. The van der Waals surface area contributed by atoms with Crippen molar-refractivity contribution in [3.05, 3.63) is 34.2 Å². The van der Waals surface area contributed by atoms with Crippen molar-refractivity contribution in [3.63, 3.8) is 0 Å². The number of carbonyl (C=O) groups is 1. The average Bonchev–Trinajstić information content (AvgIpc) is 2.21. The molecule has 2 rings (SSSR count). The number of anilines is 1. The lowest BCUT2D eigenvalue weighted by molar-refractivity contribution is 0.0698. The molecule has 1 heterocycles. The minimum absolute atomic E-state index is 0.0817. The van der Waals surface area contributed by atoms with Gasteiger partial charge >= 0.3 is 5.97 Å². The summed E-state index contributed by atoms with van der Waals surface area (Å²) in [5, 5.41) is 9.25. The molecule has 0 atom stereocenters. The largest absolute Gasteiger partial charge is 0.478 e. The molecular formula is C10H6BrFN2O2. The fourth-order valence-electron chi connectivity index (χ4n) is 1.38. The fraction of sp³-hybridized carbons (Fsp3) is 0. The van der Waals surface area contributed by atoms with Crippen LogP contribution in [-0.2, 0) is 0 Å². The first-order chi connectivity index (χ1) is 7.50. The summed E-state index contributed by atoms with van der Waals surface area (Å²) in [5.74, 6) is -1.63. The molecule has 0 aliphatic heterocycles. The van der Waals surface area contributed by atoms with E-state index in [4.69, 9.17) is 10.8 Å². The summed E-state index contributed by atoms with van der Waals surface area (Å²) in [6.07, 6.45) is 1.12. The normalized spacial score (nSPS) is 10.6. The van der Waals surface area contributed by atoms with Crippen LogP contribution in [-0.4, -0.2) is 16.1 Å². The highest BCUT2D eigenvalue weighted by Crippen LogP contribution is 2.28. The maximum atomic E-state index is 13.2. The minimum Gasteiger partial charge on any atom is -0.478 e. The Labute approximate surface area is 98.0 Å². The van der Waals surface area contributed by atoms with Crippen molar-refractivity contribution in [2.75, 3.05) is 5.73 Å². The molecule has 1 aromatic carbocycles. The SMILES string of the molecule is Nc1c(C(=O)O)cnc2cc(F)c(Br)cc12. The number of benzene rings is 1. The van der Waals surface area contributed by atoms with Crippen molar-refractivity contribution >= 4 is 38.5 Å². The number of nitrogens with zero attached hydrogens (tertiary/aromatic N) is 1. The number of aromatic carboxylic acids is 1. The molecule has 0 bridgehead atoms. The lowest BCUT2D eigenvalue weighted by Crippen LogP contribution is -2.04. The molecule has 1 aromatic heterocycles. The van der Waals surface area contributed by atoms with Crippen LogP contribution < -0.4 is 5.73 Å². The van der Waals surface area contributed by atoms with Gasteiger partial charge in [0.05, 0.1) is 15.7 Å². The number of hydrogen-bond acceptors (Lipinski definition) is 3. The number of hydrogen-bond donors (Lipinski definition) is 2. The number of carboxylic acid groups (broad SMARTS) is 1. The van der Waals surface area contributed by atoms with Crippen molar-refractivity contribution in [2.45, 2.75) is 0 Å². The van der Waals surface area contributed by atoms with Crippen LogP contribution >= 0.6 is 15.9 Å². The number of nitrogens with two attached hydrogens (primary N) is 1. The van der Waals surface area contributed by atoms with Crippen molar-refractivity contribution < 1.29 is 14.3 Å². The maximum Gasteiger partial charge on any atom is 0.339 e. The first-order valence-electron chi connectivity index (χ1n) is 4.27. The standard InChI is InChI=1S/C10H6BrFN2O2/c11-6-1-4-8(2-7(6)12)14-3-5(9(4)13)10(15)16/h1-3H,(H2,13,14)(H,15,16). The van der Waals surface area contributed by atoms with E-state index in [9.17, 15) is 9.18 Å². The smallest absolute Gasteiger partial charge is 0.339 e. The fourth-order valence-corrected chi connectivity index (χ4v) is 1.72. The number of halogens is 2. The van der Waals surface area contributed by atoms with Crippen LogP contribution in [0.1, 0.15) is 10.4 Å². The molecule has 16 heavy (non-hydrogen) atoms. The third-order valence-corrected chi connectivity index (χ3v) is 2.79. The monoisotopic (exact) mass is 284 g/mol. The molecule has 0 radical (unpaired) electrons. The summed E-state index contributed by atoms with van der Waals surface area (Å²) in [6, 6.07) is 2.61. The number of carboxylic acids is 1. The molecule has 82 valence electrons. The topological polar surface area (TPSA) is 76.2 Å². The summed E-state index contributed by atoms with van der Waals surface area (Å²) in [7, 11) is 0. The van der Waals surface area contributed by atoms with E-state index in [1.165, 1.54) is 12.1 Å². The van der Waals surface area contributed by atoms with Crippen LogP contribution in [0.3, 0.4) is 0 Å². The van der Waals surface area contributed by atoms with Gasteiger partial charge in [0.1, 0.15) is 11.4 Å². The van der Waals surface area contributed by atoms with Crippen LogP contribution in [0.4, 0.5) is 10.1 Å². The quantitative estimate of drug-likeness (QED) is 0.843. The van der Waals surface area contributed by atoms with E-state index in [1.807, 2.05) is 0 Å². The molecule has 2 aromatic rings. The minimum atomic E-state index is -1.16. The van der Waals surface area contributed by atoms with Crippen LogP contribution in [0.2, 0.25) is 0 Å². The van der Waals surface area contributed by atoms with Gasteiger partial charge in [-0.15, -0.1) is 0 Å². The van der Waals surface area contributed by atoms with Gasteiger partial charge in [-0.1, -0.05) is 0 Å². The van der Waals surface area contributed by atoms with Gasteiger partial charge in [0.15, 0.2) is 0 Å². The Kier molecular flexibility index (Phi) is 2.51. The Morgan fingerprint density at radius 1 is 1.50 bits per heavy atom. The molecule has 0 fully saturated rings. The van der Waals surface area contributed by atoms with Gasteiger partial charge in [-0.3, -0.25) is 4.98 Å². The lowest BCUT2D eigenvalue weighted by Gasteiger charge is -2.05. The molecule has 0 aliphatic carbocycles. The highest BCUT2D eigenvalue weighted by atomic mass is 79.9. The predicted octanol–water partition coefficient (Wildman–Crippen LogP) is 2.42. The number of fused-ring (bicyclic) bond motifs is 1. The van der Waals surface area contributed by atoms with Crippen LogP contribution in [0, 0.1) is 5.82 Å². The van der Waals surface area contributed by atoms with Gasteiger partial charge in [0.25, 0.3) is 0 Å². The second-order valence-corrected chi connectivity index (χ2v) is 4.03. The highest BCUT2D eigenvalue weighted by molar-refractivity contribution is 9.10. The van der Waals surface area contributed by atoms with E-state index in [1.54, 1.807) is 0 Å². The van der Waals surface area contributed by atoms with Gasteiger partial charge in [0.2, 0.25) is 0 Å². The van der Waals surface area contributed by atoms with Gasteiger partial charge < -0.3 is 10.8 Å². The summed E-state index contributed by atoms with van der Waals surface area (Å²) < 4.78 is 13.4. The molecule has 0 amide bonds. The van der Waals surface area contributed by atoms with Gasteiger partial charge in [0, 0.05) is 17.6 Å². The van der Waals surface area contributed by atoms with Crippen molar-refractivity contribution in [1.82, 2.24) is 4.98 Å². The number of nitrogen functional groups attached to an aromatic ring is 1. The second kappa shape index (κ2) is 3.71. The molecule has 3 N–H and O–H groups in total. The molecule has 4 nitrogen and oxygen atoms in total. The molecule has 0 saturated carbocycles. The van der Waals surface area contributed by atoms with Crippen molar-refractivity contribution in [1.29, 1.82) is 0 Å². The average molecular weight is 285 g/mol. The van der Waals surface area contributed by atoms with E-state index in [0.717, 1.165) is 6.20 Å². The van der Waals surface area contributed by atoms with Crippen LogP contribution in [0.5, 0.6) is 0 Å². The Morgan fingerprint density at radius 3 is 2.81 bits per heavy atom. The third kappa shape index (κ3) is 1.61. The third-order valence-electron chi connectivity index (χ3n) is 2.18. The Hall–Kier alpha value is -1.69. The predicted molar refractivity (Wildman–Crippen MR) is 60.8 cm³/mol. The number of aromatic nitrogens is 1. The molecule has 6 heteroatoms. The summed E-state index contributed by atoms with van der Waals surface area (Å²) in [4.78, 5) is 14.7. The zero-order chi connectivity index (χ0) is 11.9. The highest BCUT2D eigenvalue weighted by Gasteiger charge is 2.13.